The Morgan fingerprint density at radius 1 is 1.50 bits per heavy atom. The maximum atomic E-state index is 6.22. The summed E-state index contributed by atoms with van der Waals surface area (Å²) in [5, 5.41) is 0.588. The highest BCUT2D eigenvalue weighted by Gasteiger charge is 2.17. The molecular formula is C15H18ClNO. The number of halogens is 1. The van der Waals surface area contributed by atoms with Crippen LogP contribution >= 0.6 is 11.6 Å². The Morgan fingerprint density at radius 2 is 2.22 bits per heavy atom. The molecule has 0 aliphatic heterocycles. The Balaban J connectivity index is 3.25. The smallest absolute Gasteiger partial charge is 0.125 e. The van der Waals surface area contributed by atoms with Gasteiger partial charge in [-0.05, 0) is 24.6 Å². The van der Waals surface area contributed by atoms with Crippen LogP contribution in [0.4, 0.5) is 0 Å². The van der Waals surface area contributed by atoms with Crippen molar-refractivity contribution >= 4 is 11.6 Å². The summed E-state index contributed by atoms with van der Waals surface area (Å²) in [5.41, 5.74) is 7.83. The zero-order valence-electron chi connectivity index (χ0n) is 10.5. The van der Waals surface area contributed by atoms with Crippen LogP contribution in [0.3, 0.4) is 0 Å². The van der Waals surface area contributed by atoms with Crippen LogP contribution < -0.4 is 10.5 Å². The molecule has 18 heavy (non-hydrogen) atoms. The van der Waals surface area contributed by atoms with E-state index < -0.39 is 0 Å². The molecule has 0 aromatic heterocycles. The summed E-state index contributed by atoms with van der Waals surface area (Å²) in [6.45, 7) is 9.90. The Bertz CT molecular complexity index is 466. The summed E-state index contributed by atoms with van der Waals surface area (Å²) in [6, 6.07) is 5.12. The van der Waals surface area contributed by atoms with Gasteiger partial charge in [-0.15, -0.1) is 0 Å². The van der Waals surface area contributed by atoms with Crippen molar-refractivity contribution in [3.8, 4) is 5.75 Å². The van der Waals surface area contributed by atoms with Crippen molar-refractivity contribution in [3.63, 3.8) is 0 Å². The molecule has 2 nitrogen and oxygen atoms in total. The number of nitrogens with two attached hydrogens (primary N) is 1. The van der Waals surface area contributed by atoms with Gasteiger partial charge in [0.1, 0.15) is 5.75 Å². The SMILES string of the molecule is C=C/C=C(\C=C)C(N)c1c(Cl)cccc1OCC. The van der Waals surface area contributed by atoms with Gasteiger partial charge >= 0.3 is 0 Å². The third-order valence-corrected chi connectivity index (χ3v) is 2.86. The molecule has 0 fully saturated rings. The predicted molar refractivity (Wildman–Crippen MR) is 78.0 cm³/mol. The van der Waals surface area contributed by atoms with Gasteiger partial charge in [-0.1, -0.05) is 49.1 Å². The largest absolute Gasteiger partial charge is 0.493 e. The Morgan fingerprint density at radius 3 is 2.78 bits per heavy atom. The molecule has 3 heteroatoms. The highest BCUT2D eigenvalue weighted by molar-refractivity contribution is 6.31. The summed E-state index contributed by atoms with van der Waals surface area (Å²) < 4.78 is 5.56. The van der Waals surface area contributed by atoms with Crippen molar-refractivity contribution in [3.05, 3.63) is 65.7 Å². The Hall–Kier alpha value is -1.51. The van der Waals surface area contributed by atoms with E-state index in [1.54, 1.807) is 18.2 Å². The molecular weight excluding hydrogens is 246 g/mol. The van der Waals surface area contributed by atoms with Crippen LogP contribution in [0.1, 0.15) is 18.5 Å². The first kappa shape index (κ1) is 14.6. The molecule has 1 atom stereocenters. The van der Waals surface area contributed by atoms with Gasteiger partial charge in [0.05, 0.1) is 12.6 Å². The normalized spacial score (nSPS) is 12.9. The molecule has 0 amide bonds. The predicted octanol–water partition coefficient (Wildman–Crippen LogP) is 4.04. The zero-order valence-corrected chi connectivity index (χ0v) is 11.3. The van der Waals surface area contributed by atoms with E-state index in [9.17, 15) is 0 Å². The molecule has 0 radical (unpaired) electrons. The van der Waals surface area contributed by atoms with Gasteiger partial charge in [0, 0.05) is 10.6 Å². The van der Waals surface area contributed by atoms with Gasteiger partial charge < -0.3 is 10.5 Å². The van der Waals surface area contributed by atoms with Gasteiger partial charge in [-0.2, -0.15) is 0 Å². The molecule has 1 aromatic carbocycles. The molecule has 1 unspecified atom stereocenters. The molecule has 0 aliphatic rings. The van der Waals surface area contributed by atoms with E-state index in [1.165, 1.54) is 0 Å². The second-order valence-electron chi connectivity index (χ2n) is 3.67. The molecule has 1 aromatic rings. The summed E-state index contributed by atoms with van der Waals surface area (Å²) in [7, 11) is 0. The van der Waals surface area contributed by atoms with Crippen molar-refractivity contribution < 1.29 is 4.74 Å². The lowest BCUT2D eigenvalue weighted by atomic mass is 9.98. The monoisotopic (exact) mass is 263 g/mol. The van der Waals surface area contributed by atoms with E-state index in [0.29, 0.717) is 17.4 Å². The second kappa shape index (κ2) is 7.04. The van der Waals surface area contributed by atoms with Crippen molar-refractivity contribution in [1.29, 1.82) is 0 Å². The summed E-state index contributed by atoms with van der Waals surface area (Å²) in [4.78, 5) is 0. The molecule has 0 bridgehead atoms. The van der Waals surface area contributed by atoms with Crippen molar-refractivity contribution in [2.75, 3.05) is 6.61 Å². The highest BCUT2D eigenvalue weighted by Crippen LogP contribution is 2.34. The van der Waals surface area contributed by atoms with Gasteiger partial charge in [-0.3, -0.25) is 0 Å². The van der Waals surface area contributed by atoms with Gasteiger partial charge in [-0.25, -0.2) is 0 Å². The van der Waals surface area contributed by atoms with Gasteiger partial charge in [0.15, 0.2) is 0 Å². The van der Waals surface area contributed by atoms with Crippen LogP contribution in [-0.4, -0.2) is 6.61 Å². The molecule has 0 saturated heterocycles. The molecule has 96 valence electrons. The van der Waals surface area contributed by atoms with Crippen LogP contribution in [0, 0.1) is 0 Å². The Labute approximate surface area is 113 Å². The molecule has 0 saturated carbocycles. The van der Waals surface area contributed by atoms with E-state index in [-0.39, 0.29) is 6.04 Å². The number of rotatable bonds is 6. The average molecular weight is 264 g/mol. The summed E-state index contributed by atoms with van der Waals surface area (Å²) in [5.74, 6) is 0.703. The average Bonchev–Trinajstić information content (AvgIpc) is 2.36. The number of hydrogen-bond acceptors (Lipinski definition) is 2. The quantitative estimate of drug-likeness (QED) is 0.787. The topological polar surface area (TPSA) is 35.2 Å². The Kier molecular flexibility index (Phi) is 5.69. The number of benzene rings is 1. The number of allylic oxidation sites excluding steroid dienone is 2. The second-order valence-corrected chi connectivity index (χ2v) is 4.08. The fourth-order valence-corrected chi connectivity index (χ4v) is 1.99. The van der Waals surface area contributed by atoms with E-state index in [0.717, 1.165) is 11.1 Å². The molecule has 2 N–H and O–H groups in total. The fraction of sp³-hybridized carbons (Fsp3) is 0.200. The first-order chi connectivity index (χ1) is 8.65. The first-order valence-corrected chi connectivity index (χ1v) is 6.15. The third kappa shape index (κ3) is 3.25. The van der Waals surface area contributed by atoms with E-state index >= 15 is 0 Å². The maximum Gasteiger partial charge on any atom is 0.125 e. The van der Waals surface area contributed by atoms with Crippen molar-refractivity contribution in [1.82, 2.24) is 0 Å². The van der Waals surface area contributed by atoms with Crippen LogP contribution in [0.5, 0.6) is 5.75 Å². The van der Waals surface area contributed by atoms with Crippen LogP contribution in [0.15, 0.2) is 55.2 Å². The minimum atomic E-state index is -0.379. The lowest BCUT2D eigenvalue weighted by Gasteiger charge is -2.19. The van der Waals surface area contributed by atoms with Crippen molar-refractivity contribution in [2.45, 2.75) is 13.0 Å². The fourth-order valence-electron chi connectivity index (χ4n) is 1.70. The van der Waals surface area contributed by atoms with Crippen LogP contribution in [0.2, 0.25) is 5.02 Å². The van der Waals surface area contributed by atoms with E-state index in [2.05, 4.69) is 13.2 Å². The number of hydrogen-bond donors (Lipinski definition) is 1. The molecule has 0 spiro atoms. The third-order valence-electron chi connectivity index (χ3n) is 2.53. The maximum absolute atomic E-state index is 6.22. The lowest BCUT2D eigenvalue weighted by molar-refractivity contribution is 0.335. The molecule has 0 heterocycles. The minimum Gasteiger partial charge on any atom is -0.493 e. The highest BCUT2D eigenvalue weighted by atomic mass is 35.5. The van der Waals surface area contributed by atoms with Crippen LogP contribution in [0.25, 0.3) is 0 Å². The molecule has 1 rings (SSSR count). The van der Waals surface area contributed by atoms with E-state index in [4.69, 9.17) is 22.1 Å². The van der Waals surface area contributed by atoms with Crippen molar-refractivity contribution in [2.24, 2.45) is 5.73 Å². The lowest BCUT2D eigenvalue weighted by Crippen LogP contribution is -2.14. The van der Waals surface area contributed by atoms with Gasteiger partial charge in [0.2, 0.25) is 0 Å². The van der Waals surface area contributed by atoms with Crippen LogP contribution in [-0.2, 0) is 0 Å². The first-order valence-electron chi connectivity index (χ1n) is 5.77. The van der Waals surface area contributed by atoms with Gasteiger partial charge in [0.25, 0.3) is 0 Å². The number of ether oxygens (including phenoxy) is 1. The summed E-state index contributed by atoms with van der Waals surface area (Å²) >= 11 is 6.21. The minimum absolute atomic E-state index is 0.379. The standard InChI is InChI=1S/C15H18ClNO/c1-4-8-11(5-2)15(17)14-12(16)9-7-10-13(14)18-6-3/h4-5,7-10,15H,1-2,6,17H2,3H3/b11-8+. The van der Waals surface area contributed by atoms with E-state index in [1.807, 2.05) is 25.1 Å². The molecule has 0 aliphatic carbocycles. The summed E-state index contributed by atoms with van der Waals surface area (Å²) in [6.07, 6.45) is 5.19. The zero-order chi connectivity index (χ0) is 13.5.